The van der Waals surface area contributed by atoms with Crippen LogP contribution in [0.5, 0.6) is 0 Å². The van der Waals surface area contributed by atoms with Gasteiger partial charge in [-0.1, -0.05) is 13.0 Å². The lowest BCUT2D eigenvalue weighted by atomic mass is 10.1. The van der Waals surface area contributed by atoms with Crippen LogP contribution in [0.4, 0.5) is 0 Å². The number of hydrogen-bond acceptors (Lipinski definition) is 3. The summed E-state index contributed by atoms with van der Waals surface area (Å²) >= 11 is 0. The summed E-state index contributed by atoms with van der Waals surface area (Å²) in [5, 5.41) is 4.29. The number of nitrogens with zero attached hydrogens (tertiary/aromatic N) is 3. The van der Waals surface area contributed by atoms with Crippen LogP contribution in [0.25, 0.3) is 0 Å². The Labute approximate surface area is 101 Å². The first kappa shape index (κ1) is 11.8. The first-order valence-electron chi connectivity index (χ1n) is 5.92. The van der Waals surface area contributed by atoms with E-state index in [1.165, 1.54) is 0 Å². The fourth-order valence-corrected chi connectivity index (χ4v) is 1.84. The maximum Gasteiger partial charge on any atom is 0.0738 e. The van der Waals surface area contributed by atoms with Crippen molar-refractivity contribution in [3.05, 3.63) is 47.5 Å². The number of aryl methyl sites for hydroxylation is 2. The van der Waals surface area contributed by atoms with Crippen molar-refractivity contribution in [2.24, 2.45) is 5.73 Å². The third kappa shape index (κ3) is 2.53. The van der Waals surface area contributed by atoms with Crippen molar-refractivity contribution in [3.63, 3.8) is 0 Å². The van der Waals surface area contributed by atoms with Crippen molar-refractivity contribution in [1.82, 2.24) is 14.8 Å². The Morgan fingerprint density at radius 2 is 2.18 bits per heavy atom. The van der Waals surface area contributed by atoms with Gasteiger partial charge in [-0.2, -0.15) is 5.10 Å². The van der Waals surface area contributed by atoms with Gasteiger partial charge in [-0.05, 0) is 31.0 Å². The molecule has 0 aliphatic heterocycles. The maximum absolute atomic E-state index is 6.24. The van der Waals surface area contributed by atoms with E-state index in [9.17, 15) is 0 Å². The zero-order valence-corrected chi connectivity index (χ0v) is 10.3. The summed E-state index contributed by atoms with van der Waals surface area (Å²) in [5.74, 6) is 0. The van der Waals surface area contributed by atoms with Crippen molar-refractivity contribution in [2.75, 3.05) is 0 Å². The van der Waals surface area contributed by atoms with Gasteiger partial charge in [0.05, 0.1) is 11.7 Å². The van der Waals surface area contributed by atoms with Gasteiger partial charge in [0.15, 0.2) is 0 Å². The summed E-state index contributed by atoms with van der Waals surface area (Å²) in [5.41, 5.74) is 9.30. The molecule has 0 fully saturated rings. The second-order valence-electron chi connectivity index (χ2n) is 4.19. The van der Waals surface area contributed by atoms with Gasteiger partial charge in [0.25, 0.3) is 0 Å². The van der Waals surface area contributed by atoms with Crippen LogP contribution in [-0.2, 0) is 6.54 Å². The lowest BCUT2D eigenvalue weighted by Crippen LogP contribution is -2.17. The second kappa shape index (κ2) is 5.10. The minimum absolute atomic E-state index is 0.155. The average Bonchev–Trinajstić information content (AvgIpc) is 2.78. The zero-order chi connectivity index (χ0) is 12.3. The molecule has 4 heteroatoms. The van der Waals surface area contributed by atoms with Gasteiger partial charge in [0.1, 0.15) is 0 Å². The maximum atomic E-state index is 6.24. The summed E-state index contributed by atoms with van der Waals surface area (Å²) in [6.07, 6.45) is 4.68. The molecule has 0 spiro atoms. The molecule has 2 aromatic heterocycles. The Bertz CT molecular complexity index is 472. The van der Waals surface area contributed by atoms with Gasteiger partial charge in [-0.3, -0.25) is 9.67 Å². The first-order valence-corrected chi connectivity index (χ1v) is 5.92. The number of pyridine rings is 1. The second-order valence-corrected chi connectivity index (χ2v) is 4.19. The molecule has 4 nitrogen and oxygen atoms in total. The molecule has 0 saturated carbocycles. The van der Waals surface area contributed by atoms with Gasteiger partial charge >= 0.3 is 0 Å². The van der Waals surface area contributed by atoms with Crippen LogP contribution in [0, 0.1) is 6.92 Å². The molecule has 2 aromatic rings. The number of rotatable bonds is 4. The SMILES string of the molecule is CCCn1nccc1C(N)c1ccc(C)nc1. The summed E-state index contributed by atoms with van der Waals surface area (Å²) in [4.78, 5) is 4.28. The van der Waals surface area contributed by atoms with Crippen LogP contribution in [0.3, 0.4) is 0 Å². The van der Waals surface area contributed by atoms with Gasteiger partial charge in [0.2, 0.25) is 0 Å². The van der Waals surface area contributed by atoms with Crippen LogP contribution in [-0.4, -0.2) is 14.8 Å². The zero-order valence-electron chi connectivity index (χ0n) is 10.3. The molecule has 0 saturated heterocycles. The van der Waals surface area contributed by atoms with Crippen molar-refractivity contribution in [1.29, 1.82) is 0 Å². The molecule has 0 aromatic carbocycles. The highest BCUT2D eigenvalue weighted by Gasteiger charge is 2.13. The Hall–Kier alpha value is -1.68. The monoisotopic (exact) mass is 230 g/mol. The molecule has 2 rings (SSSR count). The molecular formula is C13H18N4. The van der Waals surface area contributed by atoms with Crippen LogP contribution in [0.15, 0.2) is 30.6 Å². The molecule has 0 bridgehead atoms. The van der Waals surface area contributed by atoms with E-state index in [1.807, 2.05) is 36.0 Å². The van der Waals surface area contributed by atoms with Gasteiger partial charge in [0, 0.05) is 24.6 Å². The minimum atomic E-state index is -0.155. The third-order valence-corrected chi connectivity index (χ3v) is 2.80. The molecule has 1 unspecified atom stereocenters. The van der Waals surface area contributed by atoms with Gasteiger partial charge in [-0.25, -0.2) is 0 Å². The Morgan fingerprint density at radius 3 is 2.82 bits per heavy atom. The van der Waals surface area contributed by atoms with E-state index in [1.54, 1.807) is 6.20 Å². The molecule has 2 N–H and O–H groups in total. The normalized spacial score (nSPS) is 12.6. The first-order chi connectivity index (χ1) is 8.22. The summed E-state index contributed by atoms with van der Waals surface area (Å²) in [6, 6.07) is 5.82. The van der Waals surface area contributed by atoms with E-state index in [0.717, 1.165) is 29.9 Å². The van der Waals surface area contributed by atoms with Crippen molar-refractivity contribution in [2.45, 2.75) is 32.9 Å². The molecule has 0 aliphatic rings. The molecule has 17 heavy (non-hydrogen) atoms. The Morgan fingerprint density at radius 1 is 1.35 bits per heavy atom. The molecule has 2 heterocycles. The van der Waals surface area contributed by atoms with Gasteiger partial charge in [-0.15, -0.1) is 0 Å². The van der Waals surface area contributed by atoms with E-state index in [0.29, 0.717) is 0 Å². The highest BCUT2D eigenvalue weighted by atomic mass is 15.3. The fourth-order valence-electron chi connectivity index (χ4n) is 1.84. The van der Waals surface area contributed by atoms with E-state index in [-0.39, 0.29) is 6.04 Å². The van der Waals surface area contributed by atoms with Crippen LogP contribution < -0.4 is 5.73 Å². The fraction of sp³-hybridized carbons (Fsp3) is 0.385. The van der Waals surface area contributed by atoms with E-state index >= 15 is 0 Å². The van der Waals surface area contributed by atoms with Gasteiger partial charge < -0.3 is 5.73 Å². The average molecular weight is 230 g/mol. The molecular weight excluding hydrogens is 212 g/mol. The van der Waals surface area contributed by atoms with Crippen LogP contribution in [0.2, 0.25) is 0 Å². The third-order valence-electron chi connectivity index (χ3n) is 2.80. The van der Waals surface area contributed by atoms with Crippen molar-refractivity contribution >= 4 is 0 Å². The number of aromatic nitrogens is 3. The minimum Gasteiger partial charge on any atom is -0.319 e. The van der Waals surface area contributed by atoms with E-state index < -0.39 is 0 Å². The summed E-state index contributed by atoms with van der Waals surface area (Å²) in [6.45, 7) is 5.00. The lowest BCUT2D eigenvalue weighted by Gasteiger charge is -2.14. The predicted octanol–water partition coefficient (Wildman–Crippen LogP) is 2.04. The number of hydrogen-bond donors (Lipinski definition) is 1. The standard InChI is InChI=1S/C13H18N4/c1-3-8-17-12(6-7-16-17)13(14)11-5-4-10(2)15-9-11/h4-7,9,13H,3,8,14H2,1-2H3. The highest BCUT2D eigenvalue weighted by molar-refractivity contribution is 5.25. The molecule has 90 valence electrons. The molecule has 0 aliphatic carbocycles. The largest absolute Gasteiger partial charge is 0.319 e. The quantitative estimate of drug-likeness (QED) is 0.874. The topological polar surface area (TPSA) is 56.7 Å². The predicted molar refractivity (Wildman–Crippen MR) is 67.5 cm³/mol. The molecule has 1 atom stereocenters. The highest BCUT2D eigenvalue weighted by Crippen LogP contribution is 2.18. The van der Waals surface area contributed by atoms with Crippen molar-refractivity contribution in [3.8, 4) is 0 Å². The lowest BCUT2D eigenvalue weighted by molar-refractivity contribution is 0.559. The summed E-state index contributed by atoms with van der Waals surface area (Å²) < 4.78 is 1.96. The Balaban J connectivity index is 2.26. The van der Waals surface area contributed by atoms with Crippen molar-refractivity contribution < 1.29 is 0 Å². The molecule has 0 radical (unpaired) electrons. The summed E-state index contributed by atoms with van der Waals surface area (Å²) in [7, 11) is 0. The Kier molecular flexibility index (Phi) is 3.54. The van der Waals surface area contributed by atoms with Crippen LogP contribution in [0.1, 0.15) is 36.3 Å². The molecule has 0 amide bonds. The van der Waals surface area contributed by atoms with E-state index in [2.05, 4.69) is 17.0 Å². The smallest absolute Gasteiger partial charge is 0.0738 e. The number of nitrogens with two attached hydrogens (primary N) is 1. The van der Waals surface area contributed by atoms with E-state index in [4.69, 9.17) is 5.73 Å². The van der Waals surface area contributed by atoms with Crippen LogP contribution >= 0.6 is 0 Å².